The van der Waals surface area contributed by atoms with E-state index in [1.54, 1.807) is 14.2 Å². The fourth-order valence-electron chi connectivity index (χ4n) is 9.38. The highest BCUT2D eigenvalue weighted by molar-refractivity contribution is 6.09. The van der Waals surface area contributed by atoms with Gasteiger partial charge in [-0.05, 0) is 98.3 Å². The summed E-state index contributed by atoms with van der Waals surface area (Å²) in [5, 5.41) is 10.2. The van der Waals surface area contributed by atoms with Crippen LogP contribution < -0.4 is 9.47 Å². The SMILES string of the molecule is COc1cc2cc(C3CC3)n3nc(-c4ccc5ccccc5c4)c(-c4ccc5c(c4)C(c4ccccc4)(c4ccccc4)c4ccccc4-5)c3c2cc1OC. The fourth-order valence-corrected chi connectivity index (χ4v) is 9.38. The van der Waals surface area contributed by atoms with E-state index in [9.17, 15) is 0 Å². The second kappa shape index (κ2) is 12.2. The molecule has 1 fully saturated rings. The molecule has 264 valence electrons. The second-order valence-electron chi connectivity index (χ2n) is 15.0. The molecule has 55 heavy (non-hydrogen) atoms. The van der Waals surface area contributed by atoms with Crippen LogP contribution in [-0.4, -0.2) is 23.8 Å². The van der Waals surface area contributed by atoms with Crippen molar-refractivity contribution in [3.63, 3.8) is 0 Å². The third kappa shape index (κ3) is 4.67. The Morgan fingerprint density at radius 3 is 1.91 bits per heavy atom. The van der Waals surface area contributed by atoms with E-state index in [0.29, 0.717) is 11.7 Å². The van der Waals surface area contributed by atoms with Crippen molar-refractivity contribution in [1.29, 1.82) is 0 Å². The molecule has 2 heterocycles. The Hall–Kier alpha value is -6.65. The van der Waals surface area contributed by atoms with Crippen LogP contribution in [0.15, 0.2) is 164 Å². The molecule has 1 saturated carbocycles. The molecular weight excluding hydrogens is 673 g/mol. The van der Waals surface area contributed by atoms with Gasteiger partial charge in [-0.15, -0.1) is 0 Å². The molecule has 0 atom stereocenters. The van der Waals surface area contributed by atoms with Crippen molar-refractivity contribution in [2.75, 3.05) is 14.2 Å². The Morgan fingerprint density at radius 1 is 0.545 bits per heavy atom. The third-order valence-electron chi connectivity index (χ3n) is 12.0. The number of methoxy groups -OCH3 is 2. The van der Waals surface area contributed by atoms with Crippen LogP contribution in [0.3, 0.4) is 0 Å². The van der Waals surface area contributed by atoms with Gasteiger partial charge in [-0.3, -0.25) is 0 Å². The van der Waals surface area contributed by atoms with E-state index in [0.717, 1.165) is 57.3 Å². The monoisotopic (exact) mass is 710 g/mol. The number of nitrogens with zero attached hydrogens (tertiary/aromatic N) is 2. The fraction of sp³-hybridized carbons (Fsp3) is 0.118. The third-order valence-corrected chi connectivity index (χ3v) is 12.0. The van der Waals surface area contributed by atoms with Gasteiger partial charge in [0.05, 0.1) is 25.2 Å². The molecule has 11 rings (SSSR count). The van der Waals surface area contributed by atoms with Gasteiger partial charge in [0.25, 0.3) is 0 Å². The summed E-state index contributed by atoms with van der Waals surface area (Å²) in [6, 6.07) is 60.0. The van der Waals surface area contributed by atoms with E-state index in [1.165, 1.54) is 49.8 Å². The zero-order chi connectivity index (χ0) is 36.7. The summed E-state index contributed by atoms with van der Waals surface area (Å²) in [6.45, 7) is 0. The summed E-state index contributed by atoms with van der Waals surface area (Å²) in [5.41, 5.74) is 13.7. The van der Waals surface area contributed by atoms with E-state index in [4.69, 9.17) is 14.6 Å². The van der Waals surface area contributed by atoms with E-state index < -0.39 is 5.41 Å². The molecule has 0 unspecified atom stereocenters. The van der Waals surface area contributed by atoms with Gasteiger partial charge in [0, 0.05) is 28.1 Å². The van der Waals surface area contributed by atoms with Gasteiger partial charge < -0.3 is 9.47 Å². The number of rotatable bonds is 7. The van der Waals surface area contributed by atoms with E-state index in [2.05, 4.69) is 168 Å². The lowest BCUT2D eigenvalue weighted by molar-refractivity contribution is 0.356. The van der Waals surface area contributed by atoms with Crippen LogP contribution in [0.25, 0.3) is 60.6 Å². The predicted octanol–water partition coefficient (Wildman–Crippen LogP) is 12.2. The first-order chi connectivity index (χ1) is 27.2. The molecule has 7 aromatic carbocycles. The molecule has 9 aromatic rings. The zero-order valence-corrected chi connectivity index (χ0v) is 30.8. The number of hydrogen-bond acceptors (Lipinski definition) is 3. The number of fused-ring (bicyclic) bond motifs is 7. The minimum atomic E-state index is -0.519. The Morgan fingerprint density at radius 2 is 1.18 bits per heavy atom. The number of pyridine rings is 1. The van der Waals surface area contributed by atoms with Crippen LogP contribution >= 0.6 is 0 Å². The summed E-state index contributed by atoms with van der Waals surface area (Å²) in [6.07, 6.45) is 2.31. The molecule has 2 aliphatic rings. The van der Waals surface area contributed by atoms with Gasteiger partial charge in [-0.1, -0.05) is 133 Å². The first-order valence-electron chi connectivity index (χ1n) is 19.1. The number of benzene rings is 7. The summed E-state index contributed by atoms with van der Waals surface area (Å²) in [7, 11) is 3.42. The zero-order valence-electron chi connectivity index (χ0n) is 30.8. The summed E-state index contributed by atoms with van der Waals surface area (Å²) in [5.74, 6) is 1.88. The Bertz CT molecular complexity index is 2920. The lowest BCUT2D eigenvalue weighted by Crippen LogP contribution is -2.28. The van der Waals surface area contributed by atoms with Gasteiger partial charge in [0.2, 0.25) is 0 Å². The first kappa shape index (κ1) is 31.8. The van der Waals surface area contributed by atoms with Crippen LogP contribution in [0, 0.1) is 0 Å². The highest BCUT2D eigenvalue weighted by atomic mass is 16.5. The lowest BCUT2D eigenvalue weighted by Gasteiger charge is -2.34. The quantitative estimate of drug-likeness (QED) is 0.165. The molecule has 4 nitrogen and oxygen atoms in total. The summed E-state index contributed by atoms with van der Waals surface area (Å²) in [4.78, 5) is 0. The van der Waals surface area contributed by atoms with Gasteiger partial charge in [-0.2, -0.15) is 5.10 Å². The van der Waals surface area contributed by atoms with Crippen molar-refractivity contribution in [3.05, 3.63) is 192 Å². The topological polar surface area (TPSA) is 35.8 Å². The molecule has 0 spiro atoms. The maximum absolute atomic E-state index is 5.94. The Balaban J connectivity index is 1.28. The number of aromatic nitrogens is 2. The Kier molecular flexibility index (Phi) is 7.06. The molecule has 0 radical (unpaired) electrons. The molecule has 0 amide bonds. The minimum absolute atomic E-state index is 0.454. The van der Waals surface area contributed by atoms with Gasteiger partial charge >= 0.3 is 0 Å². The molecule has 4 heteroatoms. The minimum Gasteiger partial charge on any atom is -0.493 e. The molecule has 0 aliphatic heterocycles. The van der Waals surface area contributed by atoms with Crippen molar-refractivity contribution in [2.45, 2.75) is 24.2 Å². The van der Waals surface area contributed by atoms with E-state index in [-0.39, 0.29) is 0 Å². The molecule has 2 aromatic heterocycles. The molecule has 0 bridgehead atoms. The van der Waals surface area contributed by atoms with Crippen molar-refractivity contribution in [3.8, 4) is 45.0 Å². The van der Waals surface area contributed by atoms with Gasteiger partial charge in [-0.25, -0.2) is 4.52 Å². The van der Waals surface area contributed by atoms with Crippen LogP contribution in [0.4, 0.5) is 0 Å². The van der Waals surface area contributed by atoms with Crippen molar-refractivity contribution >= 4 is 27.1 Å². The smallest absolute Gasteiger partial charge is 0.161 e. The maximum atomic E-state index is 5.94. The van der Waals surface area contributed by atoms with Crippen molar-refractivity contribution in [1.82, 2.24) is 9.61 Å². The highest BCUT2D eigenvalue weighted by Gasteiger charge is 2.46. The average molecular weight is 711 g/mol. The van der Waals surface area contributed by atoms with Crippen LogP contribution in [0.5, 0.6) is 11.5 Å². The second-order valence-corrected chi connectivity index (χ2v) is 15.0. The number of ether oxygens (including phenoxy) is 2. The van der Waals surface area contributed by atoms with Gasteiger partial charge in [0.15, 0.2) is 11.5 Å². The predicted molar refractivity (Wildman–Crippen MR) is 223 cm³/mol. The first-order valence-corrected chi connectivity index (χ1v) is 19.1. The van der Waals surface area contributed by atoms with E-state index in [1.807, 2.05) is 0 Å². The van der Waals surface area contributed by atoms with Crippen LogP contribution in [-0.2, 0) is 5.41 Å². The lowest BCUT2D eigenvalue weighted by atomic mass is 9.67. The van der Waals surface area contributed by atoms with Gasteiger partial charge in [0.1, 0.15) is 5.69 Å². The summed E-state index contributed by atoms with van der Waals surface area (Å²) < 4.78 is 14.0. The van der Waals surface area contributed by atoms with Crippen molar-refractivity contribution < 1.29 is 9.47 Å². The Labute approximate surface area is 320 Å². The molecule has 0 N–H and O–H groups in total. The van der Waals surface area contributed by atoms with E-state index >= 15 is 0 Å². The summed E-state index contributed by atoms with van der Waals surface area (Å²) >= 11 is 0. The highest BCUT2D eigenvalue weighted by Crippen LogP contribution is 2.57. The standard InChI is InChI=1S/C51H38N2O2/c1-54-46-30-37-29-45(33-22-23-33)53-50(42(37)31-47(46)55-2)48(49(52-53)36-24-21-32-13-9-10-14-34(32)27-36)35-25-26-41-40-19-11-12-20-43(40)51(44(41)28-35,38-15-5-3-6-16-38)39-17-7-4-8-18-39/h3-21,24-31,33H,22-23H2,1-2H3. The molecule has 2 aliphatic carbocycles. The van der Waals surface area contributed by atoms with Crippen molar-refractivity contribution in [2.24, 2.45) is 0 Å². The molecule has 0 saturated heterocycles. The number of hydrogen-bond donors (Lipinski definition) is 0. The molecular formula is C51H38N2O2. The maximum Gasteiger partial charge on any atom is 0.161 e. The normalized spacial score (nSPS) is 14.3. The largest absolute Gasteiger partial charge is 0.493 e. The van der Waals surface area contributed by atoms with Crippen LogP contribution in [0.1, 0.15) is 46.7 Å². The average Bonchev–Trinajstić information content (AvgIpc) is 3.95. The van der Waals surface area contributed by atoms with Crippen LogP contribution in [0.2, 0.25) is 0 Å².